The maximum atomic E-state index is 12.9. The summed E-state index contributed by atoms with van der Waals surface area (Å²) >= 11 is 0. The van der Waals surface area contributed by atoms with Crippen molar-refractivity contribution >= 4 is 15.9 Å². The van der Waals surface area contributed by atoms with Crippen LogP contribution < -0.4 is 10.1 Å². The fourth-order valence-electron chi connectivity index (χ4n) is 4.71. The molecule has 174 valence electrons. The number of ether oxygens (including phenoxy) is 1. The number of nitrogens with zero attached hydrogens (tertiary/aromatic N) is 2. The lowest BCUT2D eigenvalue weighted by molar-refractivity contribution is -0.126. The number of likely N-dealkylation sites (tertiary alicyclic amines) is 1. The number of hydrogen-bond donors (Lipinski definition) is 1. The third-order valence-electron chi connectivity index (χ3n) is 6.66. The van der Waals surface area contributed by atoms with E-state index in [9.17, 15) is 13.2 Å². The number of carbonyl (C=O) groups excluding carboxylic acids is 1. The number of benzene rings is 1. The second-order valence-corrected chi connectivity index (χ2v) is 10.5. The first-order chi connectivity index (χ1) is 15.0. The van der Waals surface area contributed by atoms with Crippen molar-refractivity contribution in [1.82, 2.24) is 14.5 Å². The summed E-state index contributed by atoms with van der Waals surface area (Å²) in [5.41, 5.74) is 0. The second-order valence-electron chi connectivity index (χ2n) is 8.59. The molecule has 2 fully saturated rings. The van der Waals surface area contributed by atoms with Gasteiger partial charge in [-0.1, -0.05) is 13.3 Å². The predicted molar refractivity (Wildman–Crippen MR) is 122 cm³/mol. The molecule has 1 aromatic rings. The zero-order chi connectivity index (χ0) is 22.3. The first-order valence-corrected chi connectivity index (χ1v) is 13.1. The van der Waals surface area contributed by atoms with Gasteiger partial charge < -0.3 is 15.0 Å². The molecule has 0 saturated carbocycles. The Hall–Kier alpha value is -1.64. The molecule has 0 radical (unpaired) electrons. The Morgan fingerprint density at radius 3 is 2.45 bits per heavy atom. The van der Waals surface area contributed by atoms with E-state index in [0.29, 0.717) is 44.3 Å². The zero-order valence-corrected chi connectivity index (χ0v) is 19.7. The highest BCUT2D eigenvalue weighted by Crippen LogP contribution is 2.25. The van der Waals surface area contributed by atoms with E-state index in [0.717, 1.165) is 13.0 Å². The standard InChI is InChI=1S/C23H37N3O4S/c1-3-20-7-4-5-15-25(20)16-6-14-24-23(27)19-12-17-26(18-13-19)31(28,29)22-10-8-21(30-2)9-11-22/h8-11,19-20H,3-7,12-18H2,1-2H3,(H,24,27)/t20-/m0/s1. The summed E-state index contributed by atoms with van der Waals surface area (Å²) in [6.45, 7) is 5.91. The molecule has 2 heterocycles. The molecule has 0 bridgehead atoms. The SMILES string of the molecule is CC[C@H]1CCCCN1CCCNC(=O)C1CCN(S(=O)(=O)c2ccc(OC)cc2)CC1. The number of hydrogen-bond acceptors (Lipinski definition) is 5. The number of rotatable bonds is 9. The largest absolute Gasteiger partial charge is 0.497 e. The molecule has 7 nitrogen and oxygen atoms in total. The van der Waals surface area contributed by atoms with E-state index in [4.69, 9.17) is 4.74 Å². The molecule has 1 N–H and O–H groups in total. The van der Waals surface area contributed by atoms with Crippen molar-refractivity contribution in [3.8, 4) is 5.75 Å². The van der Waals surface area contributed by atoms with E-state index < -0.39 is 10.0 Å². The average molecular weight is 452 g/mol. The van der Waals surface area contributed by atoms with Crippen LogP contribution in [-0.2, 0) is 14.8 Å². The molecule has 1 atom stereocenters. The minimum absolute atomic E-state index is 0.0622. The van der Waals surface area contributed by atoms with Gasteiger partial charge in [0.15, 0.2) is 0 Å². The van der Waals surface area contributed by atoms with Crippen LogP contribution in [0.2, 0.25) is 0 Å². The average Bonchev–Trinajstić information content (AvgIpc) is 2.82. The van der Waals surface area contributed by atoms with Crippen LogP contribution in [0, 0.1) is 5.92 Å². The molecule has 8 heteroatoms. The number of nitrogens with one attached hydrogen (secondary N) is 1. The van der Waals surface area contributed by atoms with E-state index in [1.165, 1.54) is 36.5 Å². The van der Waals surface area contributed by atoms with E-state index in [1.54, 1.807) is 31.4 Å². The van der Waals surface area contributed by atoms with Crippen LogP contribution >= 0.6 is 0 Å². The lowest BCUT2D eigenvalue weighted by Gasteiger charge is -2.35. The van der Waals surface area contributed by atoms with Crippen molar-refractivity contribution in [2.45, 2.75) is 62.8 Å². The fraction of sp³-hybridized carbons (Fsp3) is 0.696. The molecular weight excluding hydrogens is 414 g/mol. The molecular formula is C23H37N3O4S. The molecule has 0 unspecified atom stereocenters. The summed E-state index contributed by atoms with van der Waals surface area (Å²) in [6.07, 6.45) is 7.19. The van der Waals surface area contributed by atoms with Gasteiger partial charge in [0.2, 0.25) is 15.9 Å². The van der Waals surface area contributed by atoms with Crippen molar-refractivity contribution in [2.24, 2.45) is 5.92 Å². The molecule has 0 aliphatic carbocycles. The van der Waals surface area contributed by atoms with Crippen LogP contribution in [0.5, 0.6) is 5.75 Å². The van der Waals surface area contributed by atoms with Gasteiger partial charge in [0.1, 0.15) is 5.75 Å². The van der Waals surface area contributed by atoms with Crippen LogP contribution in [-0.4, -0.2) is 69.4 Å². The number of carbonyl (C=O) groups is 1. The summed E-state index contributed by atoms with van der Waals surface area (Å²) in [5.74, 6) is 0.577. The monoisotopic (exact) mass is 451 g/mol. The van der Waals surface area contributed by atoms with Crippen LogP contribution in [0.15, 0.2) is 29.2 Å². The topological polar surface area (TPSA) is 79.0 Å². The summed E-state index contributed by atoms with van der Waals surface area (Å²) in [7, 11) is -1.99. The van der Waals surface area contributed by atoms with Gasteiger partial charge in [-0.2, -0.15) is 4.31 Å². The fourth-order valence-corrected chi connectivity index (χ4v) is 6.18. The molecule has 0 spiro atoms. The lowest BCUT2D eigenvalue weighted by atomic mass is 9.97. The van der Waals surface area contributed by atoms with Gasteiger partial charge in [-0.25, -0.2) is 8.42 Å². The lowest BCUT2D eigenvalue weighted by Crippen LogP contribution is -2.44. The third kappa shape index (κ3) is 6.20. The molecule has 2 aliphatic heterocycles. The van der Waals surface area contributed by atoms with Crippen molar-refractivity contribution in [2.75, 3.05) is 39.8 Å². The van der Waals surface area contributed by atoms with Gasteiger partial charge in [0, 0.05) is 38.1 Å². The summed E-state index contributed by atoms with van der Waals surface area (Å²) < 4.78 is 32.3. The number of amides is 1. The molecule has 2 saturated heterocycles. The highest BCUT2D eigenvalue weighted by molar-refractivity contribution is 7.89. The Labute approximate surface area is 187 Å². The maximum Gasteiger partial charge on any atom is 0.243 e. The molecule has 2 aliphatic rings. The van der Waals surface area contributed by atoms with Gasteiger partial charge in [-0.15, -0.1) is 0 Å². The number of methoxy groups -OCH3 is 1. The van der Waals surface area contributed by atoms with Crippen molar-refractivity contribution < 1.29 is 17.9 Å². The molecule has 31 heavy (non-hydrogen) atoms. The van der Waals surface area contributed by atoms with Gasteiger partial charge >= 0.3 is 0 Å². The minimum Gasteiger partial charge on any atom is -0.497 e. The van der Waals surface area contributed by atoms with Crippen LogP contribution in [0.25, 0.3) is 0 Å². The molecule has 1 amide bonds. The van der Waals surface area contributed by atoms with Crippen LogP contribution in [0.3, 0.4) is 0 Å². The second kappa shape index (κ2) is 11.3. The Balaban J connectivity index is 1.41. The Morgan fingerprint density at radius 2 is 1.81 bits per heavy atom. The van der Waals surface area contributed by atoms with Gasteiger partial charge in [0.25, 0.3) is 0 Å². The minimum atomic E-state index is -3.54. The smallest absolute Gasteiger partial charge is 0.243 e. The first kappa shape index (κ1) is 24.0. The molecule has 3 rings (SSSR count). The molecule has 0 aromatic heterocycles. The van der Waals surface area contributed by atoms with Crippen molar-refractivity contribution in [3.05, 3.63) is 24.3 Å². The van der Waals surface area contributed by atoms with Crippen LogP contribution in [0.4, 0.5) is 0 Å². The van der Waals surface area contributed by atoms with Crippen LogP contribution in [0.1, 0.15) is 51.9 Å². The highest BCUT2D eigenvalue weighted by atomic mass is 32.2. The number of sulfonamides is 1. The molecule has 1 aromatic carbocycles. The van der Waals surface area contributed by atoms with E-state index in [2.05, 4.69) is 17.1 Å². The van der Waals surface area contributed by atoms with Crippen molar-refractivity contribution in [3.63, 3.8) is 0 Å². The Bertz CT molecular complexity index is 805. The zero-order valence-electron chi connectivity index (χ0n) is 18.9. The Kier molecular flexibility index (Phi) is 8.75. The maximum absolute atomic E-state index is 12.9. The predicted octanol–water partition coefficient (Wildman–Crippen LogP) is 2.87. The van der Waals surface area contributed by atoms with E-state index >= 15 is 0 Å². The highest BCUT2D eigenvalue weighted by Gasteiger charge is 2.32. The first-order valence-electron chi connectivity index (χ1n) is 11.6. The van der Waals surface area contributed by atoms with Gasteiger partial charge in [-0.05, 0) is 69.3 Å². The van der Waals surface area contributed by atoms with Crippen molar-refractivity contribution in [1.29, 1.82) is 0 Å². The third-order valence-corrected chi connectivity index (χ3v) is 8.58. The van der Waals surface area contributed by atoms with Gasteiger partial charge in [0.05, 0.1) is 12.0 Å². The Morgan fingerprint density at radius 1 is 1.10 bits per heavy atom. The number of piperidine rings is 2. The van der Waals surface area contributed by atoms with E-state index in [-0.39, 0.29) is 16.7 Å². The normalized spacial score (nSPS) is 21.7. The van der Waals surface area contributed by atoms with E-state index in [1.807, 2.05) is 0 Å². The quantitative estimate of drug-likeness (QED) is 0.584. The van der Waals surface area contributed by atoms with Gasteiger partial charge in [-0.3, -0.25) is 4.79 Å². The summed E-state index contributed by atoms with van der Waals surface area (Å²) in [6, 6.07) is 7.14. The summed E-state index contributed by atoms with van der Waals surface area (Å²) in [4.78, 5) is 15.4. The summed E-state index contributed by atoms with van der Waals surface area (Å²) in [5, 5.41) is 3.08.